The molecule has 1 aliphatic rings. The van der Waals surface area contributed by atoms with E-state index in [1.165, 1.54) is 31.4 Å². The molecule has 0 bridgehead atoms. The number of methoxy groups -OCH3 is 1. The van der Waals surface area contributed by atoms with Crippen LogP contribution in [0, 0.1) is 5.82 Å². The Morgan fingerprint density at radius 3 is 2.43 bits per heavy atom. The van der Waals surface area contributed by atoms with Crippen molar-refractivity contribution in [3.8, 4) is 5.75 Å². The van der Waals surface area contributed by atoms with Crippen molar-refractivity contribution in [2.75, 3.05) is 19.0 Å². The fourth-order valence-corrected chi connectivity index (χ4v) is 4.10. The van der Waals surface area contributed by atoms with Crippen molar-refractivity contribution in [2.45, 2.75) is 29.1 Å². The minimum atomic E-state index is -3.92. The molecule has 1 aliphatic heterocycles. The van der Waals surface area contributed by atoms with Crippen molar-refractivity contribution in [2.24, 2.45) is 0 Å². The van der Waals surface area contributed by atoms with Crippen molar-refractivity contribution in [3.63, 3.8) is 0 Å². The van der Waals surface area contributed by atoms with Crippen LogP contribution < -0.4 is 10.1 Å². The van der Waals surface area contributed by atoms with Crippen LogP contribution in [0.4, 0.5) is 10.1 Å². The van der Waals surface area contributed by atoms with E-state index >= 15 is 0 Å². The fraction of sp³-hybridized carbons (Fsp3) is 0.294. The largest absolute Gasteiger partial charge is 0.497 e. The van der Waals surface area contributed by atoms with Gasteiger partial charge in [-0.1, -0.05) is 13.8 Å². The van der Waals surface area contributed by atoms with Gasteiger partial charge in [0.1, 0.15) is 16.5 Å². The molecule has 6 heteroatoms. The first-order valence-electron chi connectivity index (χ1n) is 7.23. The number of rotatable bonds is 3. The lowest BCUT2D eigenvalue weighted by Gasteiger charge is -2.17. The van der Waals surface area contributed by atoms with Gasteiger partial charge >= 0.3 is 0 Å². The molecule has 0 aliphatic carbocycles. The first-order chi connectivity index (χ1) is 10.8. The summed E-state index contributed by atoms with van der Waals surface area (Å²) in [6.07, 6.45) is 0. The lowest BCUT2D eigenvalue weighted by molar-refractivity contribution is 0.414. The van der Waals surface area contributed by atoms with Crippen molar-refractivity contribution >= 4 is 15.5 Å². The van der Waals surface area contributed by atoms with Gasteiger partial charge in [0, 0.05) is 17.6 Å². The Bertz CT molecular complexity index is 858. The maximum Gasteiger partial charge on any atom is 0.209 e. The van der Waals surface area contributed by atoms with Crippen LogP contribution in [0.3, 0.4) is 0 Å². The number of benzene rings is 2. The lowest BCUT2D eigenvalue weighted by atomic mass is 9.87. The molecule has 2 aromatic carbocycles. The van der Waals surface area contributed by atoms with Gasteiger partial charge in [0.25, 0.3) is 0 Å². The summed E-state index contributed by atoms with van der Waals surface area (Å²) in [5, 5.41) is 3.15. The van der Waals surface area contributed by atoms with Crippen LogP contribution in [-0.4, -0.2) is 22.1 Å². The van der Waals surface area contributed by atoms with E-state index in [9.17, 15) is 12.8 Å². The van der Waals surface area contributed by atoms with Gasteiger partial charge in [-0.15, -0.1) is 0 Å². The Labute approximate surface area is 135 Å². The number of hydrogen-bond acceptors (Lipinski definition) is 4. The molecule has 1 heterocycles. The molecule has 0 amide bonds. The molecule has 2 aromatic rings. The smallest absolute Gasteiger partial charge is 0.209 e. The molecular formula is C17H18FNO3S. The Balaban J connectivity index is 2.10. The highest BCUT2D eigenvalue weighted by Gasteiger charge is 2.33. The molecule has 23 heavy (non-hydrogen) atoms. The molecule has 0 radical (unpaired) electrons. The van der Waals surface area contributed by atoms with E-state index in [1.54, 1.807) is 12.1 Å². The Morgan fingerprint density at radius 1 is 1.17 bits per heavy atom. The van der Waals surface area contributed by atoms with Gasteiger partial charge in [-0.25, -0.2) is 12.8 Å². The summed E-state index contributed by atoms with van der Waals surface area (Å²) in [5.74, 6) is -0.182. The topological polar surface area (TPSA) is 55.4 Å². The zero-order valence-electron chi connectivity index (χ0n) is 13.2. The van der Waals surface area contributed by atoms with E-state index in [0.717, 1.165) is 5.56 Å². The summed E-state index contributed by atoms with van der Waals surface area (Å²) < 4.78 is 44.9. The van der Waals surface area contributed by atoms with Crippen LogP contribution in [0.2, 0.25) is 0 Å². The molecule has 0 unspecified atom stereocenters. The minimum absolute atomic E-state index is 0.0365. The van der Waals surface area contributed by atoms with Crippen molar-refractivity contribution in [1.82, 2.24) is 0 Å². The average Bonchev–Trinajstić information content (AvgIpc) is 2.81. The van der Waals surface area contributed by atoms with Gasteiger partial charge in [-0.3, -0.25) is 0 Å². The number of ether oxygens (including phenoxy) is 1. The highest BCUT2D eigenvalue weighted by Crippen LogP contribution is 2.39. The third kappa shape index (κ3) is 2.57. The standard InChI is InChI=1S/C17H18FNO3S/c1-17(2)10-19-15-9-16(14(18)8-13(15)17)23(20,21)12-6-4-11(22-3)5-7-12/h4-9,19H,10H2,1-3H3. The van der Waals surface area contributed by atoms with Gasteiger partial charge in [0.15, 0.2) is 0 Å². The molecule has 0 fully saturated rings. The molecule has 3 rings (SSSR count). The first kappa shape index (κ1) is 15.8. The second kappa shape index (κ2) is 5.23. The zero-order valence-corrected chi connectivity index (χ0v) is 14.0. The second-order valence-electron chi connectivity index (χ2n) is 6.24. The molecule has 0 spiro atoms. The monoisotopic (exact) mass is 335 g/mol. The SMILES string of the molecule is COc1ccc(S(=O)(=O)c2cc3c(cc2F)C(C)(C)CN3)cc1. The van der Waals surface area contributed by atoms with E-state index in [1.807, 2.05) is 13.8 Å². The summed E-state index contributed by atoms with van der Waals surface area (Å²) in [6, 6.07) is 8.63. The third-order valence-corrected chi connectivity index (χ3v) is 5.97. The molecular weight excluding hydrogens is 317 g/mol. The van der Waals surface area contributed by atoms with E-state index in [4.69, 9.17) is 4.74 Å². The van der Waals surface area contributed by atoms with Gasteiger partial charge in [0.2, 0.25) is 9.84 Å². The van der Waals surface area contributed by atoms with E-state index in [2.05, 4.69) is 5.32 Å². The molecule has 0 saturated carbocycles. The summed E-state index contributed by atoms with van der Waals surface area (Å²) in [7, 11) is -2.43. The second-order valence-corrected chi connectivity index (χ2v) is 8.16. The predicted molar refractivity (Wildman–Crippen MR) is 86.4 cm³/mol. The van der Waals surface area contributed by atoms with Gasteiger partial charge in [-0.2, -0.15) is 0 Å². The van der Waals surface area contributed by atoms with E-state index in [0.29, 0.717) is 18.0 Å². The van der Waals surface area contributed by atoms with Crippen LogP contribution >= 0.6 is 0 Å². The first-order valence-corrected chi connectivity index (χ1v) is 8.71. The number of hydrogen-bond donors (Lipinski definition) is 1. The number of sulfone groups is 1. The molecule has 0 saturated heterocycles. The Hall–Kier alpha value is -2.08. The minimum Gasteiger partial charge on any atom is -0.497 e. The summed E-state index contributed by atoms with van der Waals surface area (Å²) in [4.78, 5) is -0.277. The molecule has 4 nitrogen and oxygen atoms in total. The van der Waals surface area contributed by atoms with Crippen LogP contribution in [0.5, 0.6) is 5.75 Å². The predicted octanol–water partition coefficient (Wildman–Crippen LogP) is 3.37. The number of anilines is 1. The van der Waals surface area contributed by atoms with E-state index < -0.39 is 15.7 Å². The summed E-state index contributed by atoms with van der Waals surface area (Å²) >= 11 is 0. The van der Waals surface area contributed by atoms with Crippen LogP contribution in [0.1, 0.15) is 19.4 Å². The highest BCUT2D eigenvalue weighted by molar-refractivity contribution is 7.91. The average molecular weight is 335 g/mol. The van der Waals surface area contributed by atoms with Gasteiger partial charge in [0.05, 0.1) is 12.0 Å². The van der Waals surface area contributed by atoms with Crippen LogP contribution in [0.15, 0.2) is 46.2 Å². The third-order valence-electron chi connectivity index (χ3n) is 4.18. The van der Waals surface area contributed by atoms with Crippen molar-refractivity contribution < 1.29 is 17.5 Å². The van der Waals surface area contributed by atoms with Gasteiger partial charge in [-0.05, 0) is 42.0 Å². The van der Waals surface area contributed by atoms with Crippen LogP contribution in [0.25, 0.3) is 0 Å². The zero-order chi connectivity index (χ0) is 16.8. The summed E-state index contributed by atoms with van der Waals surface area (Å²) in [6.45, 7) is 4.62. The van der Waals surface area contributed by atoms with Crippen LogP contribution in [-0.2, 0) is 15.3 Å². The number of nitrogens with one attached hydrogen (secondary N) is 1. The maximum absolute atomic E-state index is 14.5. The van der Waals surface area contributed by atoms with E-state index in [-0.39, 0.29) is 15.2 Å². The normalized spacial score (nSPS) is 15.8. The Kier molecular flexibility index (Phi) is 3.59. The lowest BCUT2D eigenvalue weighted by Crippen LogP contribution is -2.19. The highest BCUT2D eigenvalue weighted by atomic mass is 32.2. The molecule has 122 valence electrons. The van der Waals surface area contributed by atoms with Crippen molar-refractivity contribution in [3.05, 3.63) is 47.8 Å². The quantitative estimate of drug-likeness (QED) is 0.934. The van der Waals surface area contributed by atoms with Gasteiger partial charge < -0.3 is 10.1 Å². The van der Waals surface area contributed by atoms with Crippen molar-refractivity contribution in [1.29, 1.82) is 0 Å². The molecule has 0 atom stereocenters. The number of fused-ring (bicyclic) bond motifs is 1. The molecule has 1 N–H and O–H groups in total. The molecule has 0 aromatic heterocycles. The summed E-state index contributed by atoms with van der Waals surface area (Å²) in [5.41, 5.74) is 1.24. The maximum atomic E-state index is 14.5. The Morgan fingerprint density at radius 2 is 1.83 bits per heavy atom. The number of halogens is 1. The fourth-order valence-electron chi connectivity index (χ4n) is 2.76.